The lowest BCUT2D eigenvalue weighted by atomic mass is 10.1. The third-order valence-electron chi connectivity index (χ3n) is 3.50. The summed E-state index contributed by atoms with van der Waals surface area (Å²) in [6.45, 7) is 0.0229. The number of imidazole rings is 1. The predicted octanol–water partition coefficient (Wildman–Crippen LogP) is 2.02. The van der Waals surface area contributed by atoms with Gasteiger partial charge in [0.1, 0.15) is 5.75 Å². The van der Waals surface area contributed by atoms with Crippen molar-refractivity contribution in [1.29, 1.82) is 0 Å². The number of anilines is 1. The maximum absolute atomic E-state index is 11.4. The fourth-order valence-electron chi connectivity index (χ4n) is 2.52. The quantitative estimate of drug-likeness (QED) is 0.767. The molecule has 0 aliphatic carbocycles. The minimum Gasteiger partial charge on any atom is -0.482 e. The molecular formula is C15H11N3O4S. The van der Waals surface area contributed by atoms with Crippen LogP contribution in [0.25, 0.3) is 16.2 Å². The Bertz CT molecular complexity index is 943. The number of rotatable bonds is 3. The van der Waals surface area contributed by atoms with Gasteiger partial charge in [0, 0.05) is 17.1 Å². The van der Waals surface area contributed by atoms with Crippen LogP contribution >= 0.6 is 11.3 Å². The molecule has 2 aromatic heterocycles. The normalized spacial score (nSPS) is 13.5. The van der Waals surface area contributed by atoms with Crippen LogP contribution in [0, 0.1) is 0 Å². The van der Waals surface area contributed by atoms with E-state index in [1.54, 1.807) is 6.20 Å². The number of aliphatic carboxylic acids is 1. The van der Waals surface area contributed by atoms with Gasteiger partial charge < -0.3 is 15.2 Å². The zero-order valence-corrected chi connectivity index (χ0v) is 12.6. The summed E-state index contributed by atoms with van der Waals surface area (Å²) >= 11 is 1.43. The van der Waals surface area contributed by atoms with Crippen LogP contribution in [0.5, 0.6) is 5.75 Å². The summed E-state index contributed by atoms with van der Waals surface area (Å²) in [5, 5.41) is 13.6. The lowest BCUT2D eigenvalue weighted by Gasteiger charge is -2.18. The number of fused-ring (bicyclic) bond motifs is 2. The number of aromatic nitrogens is 2. The zero-order valence-electron chi connectivity index (χ0n) is 11.8. The predicted molar refractivity (Wildman–Crippen MR) is 84.0 cm³/mol. The molecule has 8 heteroatoms. The highest BCUT2D eigenvalue weighted by atomic mass is 32.1. The maximum Gasteiger partial charge on any atom is 0.309 e. The van der Waals surface area contributed by atoms with Crippen LogP contribution in [0.15, 0.2) is 29.8 Å². The van der Waals surface area contributed by atoms with Crippen LogP contribution in [0.1, 0.15) is 5.69 Å². The summed E-state index contributed by atoms with van der Waals surface area (Å²) in [4.78, 5) is 27.3. The van der Waals surface area contributed by atoms with E-state index in [0.29, 0.717) is 17.1 Å². The molecule has 7 nitrogen and oxygen atoms in total. The number of carbonyl (C=O) groups is 2. The number of benzene rings is 1. The molecule has 1 aliphatic rings. The Hall–Kier alpha value is -2.87. The van der Waals surface area contributed by atoms with E-state index in [-0.39, 0.29) is 18.9 Å². The fourth-order valence-corrected chi connectivity index (χ4v) is 3.42. The highest BCUT2D eigenvalue weighted by Gasteiger charge is 2.18. The molecule has 0 spiro atoms. The Morgan fingerprint density at radius 1 is 1.48 bits per heavy atom. The lowest BCUT2D eigenvalue weighted by molar-refractivity contribution is -0.136. The number of hydrogen-bond donors (Lipinski definition) is 2. The number of thiazole rings is 1. The highest BCUT2D eigenvalue weighted by Crippen LogP contribution is 2.34. The van der Waals surface area contributed by atoms with Gasteiger partial charge >= 0.3 is 5.97 Å². The zero-order chi connectivity index (χ0) is 16.0. The van der Waals surface area contributed by atoms with E-state index in [1.165, 1.54) is 11.3 Å². The van der Waals surface area contributed by atoms with Crippen molar-refractivity contribution in [3.8, 4) is 17.0 Å². The van der Waals surface area contributed by atoms with Crippen LogP contribution < -0.4 is 10.1 Å². The molecule has 116 valence electrons. The summed E-state index contributed by atoms with van der Waals surface area (Å²) in [5.41, 5.74) is 2.92. The highest BCUT2D eigenvalue weighted by molar-refractivity contribution is 7.15. The van der Waals surface area contributed by atoms with Crippen molar-refractivity contribution >= 4 is 33.9 Å². The molecule has 0 radical (unpaired) electrons. The number of nitrogens with zero attached hydrogens (tertiary/aromatic N) is 2. The van der Waals surface area contributed by atoms with Gasteiger partial charge in [0.25, 0.3) is 5.91 Å². The second kappa shape index (κ2) is 5.10. The number of amides is 1. The van der Waals surface area contributed by atoms with Gasteiger partial charge in [-0.1, -0.05) is 0 Å². The van der Waals surface area contributed by atoms with E-state index in [1.807, 2.05) is 28.0 Å². The molecule has 0 unspecified atom stereocenters. The molecule has 1 aromatic carbocycles. The van der Waals surface area contributed by atoms with Gasteiger partial charge in [-0.15, -0.1) is 11.3 Å². The molecule has 4 rings (SSSR count). The smallest absolute Gasteiger partial charge is 0.309 e. The molecule has 3 heterocycles. The summed E-state index contributed by atoms with van der Waals surface area (Å²) in [5.74, 6) is -0.459. The second-order valence-corrected chi connectivity index (χ2v) is 5.96. The molecular weight excluding hydrogens is 318 g/mol. The Morgan fingerprint density at radius 2 is 2.35 bits per heavy atom. The molecule has 0 fully saturated rings. The van der Waals surface area contributed by atoms with Gasteiger partial charge in [-0.3, -0.25) is 14.0 Å². The van der Waals surface area contributed by atoms with E-state index >= 15 is 0 Å². The van der Waals surface area contributed by atoms with E-state index in [4.69, 9.17) is 9.84 Å². The van der Waals surface area contributed by atoms with Crippen LogP contribution in [0.4, 0.5) is 5.69 Å². The Labute approximate surface area is 134 Å². The molecule has 2 N–H and O–H groups in total. The summed E-state index contributed by atoms with van der Waals surface area (Å²) in [6.07, 6.45) is 1.62. The van der Waals surface area contributed by atoms with Gasteiger partial charge in [0.05, 0.1) is 23.5 Å². The minimum absolute atomic E-state index is 0.0229. The largest absolute Gasteiger partial charge is 0.482 e. The maximum atomic E-state index is 11.4. The van der Waals surface area contributed by atoms with Gasteiger partial charge in [-0.2, -0.15) is 0 Å². The first-order chi connectivity index (χ1) is 11.1. The minimum atomic E-state index is -0.911. The number of hydrogen-bond acceptors (Lipinski definition) is 5. The Kier molecular flexibility index (Phi) is 3.05. The number of carbonyl (C=O) groups excluding carboxylic acids is 1. The van der Waals surface area contributed by atoms with Crippen molar-refractivity contribution in [2.24, 2.45) is 0 Å². The van der Waals surface area contributed by atoms with Crippen molar-refractivity contribution in [3.05, 3.63) is 35.5 Å². The average molecular weight is 329 g/mol. The van der Waals surface area contributed by atoms with Crippen molar-refractivity contribution < 1.29 is 19.4 Å². The van der Waals surface area contributed by atoms with E-state index in [2.05, 4.69) is 10.3 Å². The van der Waals surface area contributed by atoms with Gasteiger partial charge in [-0.05, 0) is 18.2 Å². The molecule has 0 bridgehead atoms. The van der Waals surface area contributed by atoms with E-state index in [9.17, 15) is 9.59 Å². The molecule has 1 aliphatic heterocycles. The topological polar surface area (TPSA) is 92.9 Å². The van der Waals surface area contributed by atoms with Crippen LogP contribution in [0.2, 0.25) is 0 Å². The molecule has 1 amide bonds. The number of nitrogens with one attached hydrogen (secondary N) is 1. The van der Waals surface area contributed by atoms with E-state index < -0.39 is 5.97 Å². The van der Waals surface area contributed by atoms with Gasteiger partial charge in [-0.25, -0.2) is 4.98 Å². The van der Waals surface area contributed by atoms with Crippen LogP contribution in [0.3, 0.4) is 0 Å². The number of carboxylic acids is 1. The summed E-state index contributed by atoms with van der Waals surface area (Å²) < 4.78 is 7.21. The number of ether oxygens (including phenoxy) is 1. The molecule has 3 aromatic rings. The van der Waals surface area contributed by atoms with Crippen LogP contribution in [-0.4, -0.2) is 33.0 Å². The van der Waals surface area contributed by atoms with Gasteiger partial charge in [0.2, 0.25) is 0 Å². The Morgan fingerprint density at radius 3 is 3.17 bits per heavy atom. The first-order valence-corrected chi connectivity index (χ1v) is 7.72. The van der Waals surface area contributed by atoms with Crippen molar-refractivity contribution in [2.45, 2.75) is 6.42 Å². The molecule has 0 atom stereocenters. The standard InChI is InChI=1S/C15H11N3O4S/c19-13-6-22-12-2-1-8(3-10(12)17-13)11-7-23-15-16-9(4-14(20)21)5-18(11)15/h1-3,5,7H,4,6H2,(H,17,19)(H,20,21). The molecule has 0 saturated heterocycles. The third kappa shape index (κ3) is 2.42. The third-order valence-corrected chi connectivity index (χ3v) is 4.34. The average Bonchev–Trinajstić information content (AvgIpc) is 3.05. The first kappa shape index (κ1) is 13.8. The monoisotopic (exact) mass is 329 g/mol. The Balaban J connectivity index is 1.76. The summed E-state index contributed by atoms with van der Waals surface area (Å²) in [6, 6.07) is 5.54. The van der Waals surface area contributed by atoms with Crippen molar-refractivity contribution in [1.82, 2.24) is 9.38 Å². The second-order valence-electron chi connectivity index (χ2n) is 5.12. The molecule has 0 saturated carbocycles. The SMILES string of the molecule is O=C(O)Cc1cn2c(-c3ccc4c(c3)NC(=O)CO4)csc2n1. The van der Waals surface area contributed by atoms with Crippen molar-refractivity contribution in [2.75, 3.05) is 11.9 Å². The van der Waals surface area contributed by atoms with Crippen molar-refractivity contribution in [3.63, 3.8) is 0 Å². The first-order valence-electron chi connectivity index (χ1n) is 6.84. The lowest BCUT2D eigenvalue weighted by Crippen LogP contribution is -2.25. The summed E-state index contributed by atoms with van der Waals surface area (Å²) in [7, 11) is 0. The van der Waals surface area contributed by atoms with Gasteiger partial charge in [0.15, 0.2) is 11.6 Å². The number of carboxylic acid groups (broad SMARTS) is 1. The molecule has 23 heavy (non-hydrogen) atoms. The fraction of sp³-hybridized carbons (Fsp3) is 0.133. The van der Waals surface area contributed by atoms with E-state index in [0.717, 1.165) is 16.2 Å². The van der Waals surface area contributed by atoms with Crippen LogP contribution in [-0.2, 0) is 16.0 Å².